The van der Waals surface area contributed by atoms with Crippen LogP contribution in [0.5, 0.6) is 0 Å². The Labute approximate surface area is 105 Å². The number of carbonyl (C=O) groups excluding carboxylic acids is 1. The van der Waals surface area contributed by atoms with Gasteiger partial charge in [-0.2, -0.15) is 0 Å². The van der Waals surface area contributed by atoms with E-state index < -0.39 is 0 Å². The second kappa shape index (κ2) is 4.53. The summed E-state index contributed by atoms with van der Waals surface area (Å²) in [5, 5.41) is 0. The van der Waals surface area contributed by atoms with E-state index in [9.17, 15) is 4.79 Å². The number of hydrogen-bond acceptors (Lipinski definition) is 3. The Morgan fingerprint density at radius 2 is 1.89 bits per heavy atom. The van der Waals surface area contributed by atoms with Gasteiger partial charge in [0.1, 0.15) is 5.76 Å². The van der Waals surface area contributed by atoms with Crippen molar-refractivity contribution >= 4 is 11.5 Å². The van der Waals surface area contributed by atoms with E-state index in [0.29, 0.717) is 12.2 Å². The van der Waals surface area contributed by atoms with Crippen molar-refractivity contribution in [1.29, 1.82) is 0 Å². The van der Waals surface area contributed by atoms with Crippen LogP contribution in [0.1, 0.15) is 23.8 Å². The van der Waals surface area contributed by atoms with Gasteiger partial charge in [-0.05, 0) is 23.3 Å². The topological polar surface area (TPSA) is 39.4 Å². The lowest BCUT2D eigenvalue weighted by atomic mass is 9.96. The van der Waals surface area contributed by atoms with Gasteiger partial charge in [0.05, 0.1) is 6.26 Å². The molecule has 3 nitrogen and oxygen atoms in total. The third-order valence-corrected chi connectivity index (χ3v) is 2.96. The molecule has 2 heterocycles. The SMILES string of the molecule is O=C1C=C(c2ccccc2)C[C@H](c2ccco2)O1. The Bertz CT molecular complexity index is 567. The van der Waals surface area contributed by atoms with E-state index in [1.165, 1.54) is 0 Å². The molecule has 0 spiro atoms. The molecule has 3 rings (SSSR count). The van der Waals surface area contributed by atoms with Gasteiger partial charge in [-0.25, -0.2) is 4.79 Å². The van der Waals surface area contributed by atoms with Gasteiger partial charge < -0.3 is 9.15 Å². The molecule has 0 radical (unpaired) electrons. The van der Waals surface area contributed by atoms with Crippen LogP contribution >= 0.6 is 0 Å². The number of ether oxygens (including phenoxy) is 1. The van der Waals surface area contributed by atoms with Gasteiger partial charge in [-0.3, -0.25) is 0 Å². The van der Waals surface area contributed by atoms with Crippen molar-refractivity contribution in [2.45, 2.75) is 12.5 Å². The van der Waals surface area contributed by atoms with Crippen LogP contribution in [0.4, 0.5) is 0 Å². The van der Waals surface area contributed by atoms with Crippen LogP contribution < -0.4 is 0 Å². The Balaban J connectivity index is 1.90. The molecule has 0 saturated carbocycles. The highest BCUT2D eigenvalue weighted by Crippen LogP contribution is 2.34. The van der Waals surface area contributed by atoms with Crippen LogP contribution in [-0.2, 0) is 9.53 Å². The molecule has 90 valence electrons. The van der Waals surface area contributed by atoms with Gasteiger partial charge in [0.2, 0.25) is 0 Å². The fourth-order valence-corrected chi connectivity index (χ4v) is 2.10. The molecule has 18 heavy (non-hydrogen) atoms. The Kier molecular flexibility index (Phi) is 2.73. The highest BCUT2D eigenvalue weighted by Gasteiger charge is 2.25. The van der Waals surface area contributed by atoms with Crippen molar-refractivity contribution < 1.29 is 13.9 Å². The predicted octanol–water partition coefficient (Wildman–Crippen LogP) is 3.35. The second-order valence-corrected chi connectivity index (χ2v) is 4.18. The number of benzene rings is 1. The molecule has 3 heteroatoms. The number of furan rings is 1. The first-order chi connectivity index (χ1) is 8.83. The van der Waals surface area contributed by atoms with E-state index in [1.807, 2.05) is 36.4 Å². The van der Waals surface area contributed by atoms with Crippen LogP contribution in [0.25, 0.3) is 5.57 Å². The summed E-state index contributed by atoms with van der Waals surface area (Å²) in [6, 6.07) is 13.5. The minimum atomic E-state index is -0.326. The summed E-state index contributed by atoms with van der Waals surface area (Å²) in [6.45, 7) is 0. The van der Waals surface area contributed by atoms with E-state index in [0.717, 1.165) is 11.1 Å². The maximum atomic E-state index is 11.6. The highest BCUT2D eigenvalue weighted by atomic mass is 16.6. The summed E-state index contributed by atoms with van der Waals surface area (Å²) in [5.41, 5.74) is 2.03. The van der Waals surface area contributed by atoms with Gasteiger partial charge in [-0.15, -0.1) is 0 Å². The van der Waals surface area contributed by atoms with Crippen molar-refractivity contribution in [1.82, 2.24) is 0 Å². The fourth-order valence-electron chi connectivity index (χ4n) is 2.10. The van der Waals surface area contributed by atoms with Crippen LogP contribution in [-0.4, -0.2) is 5.97 Å². The zero-order valence-corrected chi connectivity index (χ0v) is 9.71. The highest BCUT2D eigenvalue weighted by molar-refractivity contribution is 5.93. The van der Waals surface area contributed by atoms with Crippen molar-refractivity contribution in [3.05, 3.63) is 66.1 Å². The minimum absolute atomic E-state index is 0.318. The summed E-state index contributed by atoms with van der Waals surface area (Å²) < 4.78 is 10.6. The molecule has 0 amide bonds. The lowest BCUT2D eigenvalue weighted by molar-refractivity contribution is -0.144. The molecule has 0 fully saturated rings. The molecule has 1 aliphatic rings. The smallest absolute Gasteiger partial charge is 0.331 e. The largest absolute Gasteiger partial charge is 0.465 e. The van der Waals surface area contributed by atoms with E-state index in [1.54, 1.807) is 18.4 Å². The van der Waals surface area contributed by atoms with Gasteiger partial charge in [0, 0.05) is 12.5 Å². The number of hydrogen-bond donors (Lipinski definition) is 0. The lowest BCUT2D eigenvalue weighted by Gasteiger charge is -2.21. The summed E-state index contributed by atoms with van der Waals surface area (Å²) in [7, 11) is 0. The molecule has 0 bridgehead atoms. The number of esters is 1. The lowest BCUT2D eigenvalue weighted by Crippen LogP contribution is -2.15. The predicted molar refractivity (Wildman–Crippen MR) is 66.6 cm³/mol. The average Bonchev–Trinajstić information content (AvgIpc) is 2.93. The van der Waals surface area contributed by atoms with Crippen LogP contribution in [0.3, 0.4) is 0 Å². The maximum Gasteiger partial charge on any atom is 0.331 e. The van der Waals surface area contributed by atoms with Crippen molar-refractivity contribution in [3.8, 4) is 0 Å². The number of rotatable bonds is 2. The molecule has 0 N–H and O–H groups in total. The zero-order chi connectivity index (χ0) is 12.4. The van der Waals surface area contributed by atoms with Crippen molar-refractivity contribution in [2.75, 3.05) is 0 Å². The summed E-state index contributed by atoms with van der Waals surface area (Å²) in [5.74, 6) is 0.367. The number of carbonyl (C=O) groups is 1. The monoisotopic (exact) mass is 240 g/mol. The number of cyclic esters (lactones) is 1. The molecule has 0 aliphatic carbocycles. The fraction of sp³-hybridized carbons (Fsp3) is 0.133. The second-order valence-electron chi connectivity index (χ2n) is 4.18. The first-order valence-corrected chi connectivity index (χ1v) is 5.83. The Morgan fingerprint density at radius 1 is 1.06 bits per heavy atom. The Hall–Kier alpha value is -2.29. The third kappa shape index (κ3) is 2.07. The molecule has 0 saturated heterocycles. The Morgan fingerprint density at radius 3 is 2.61 bits per heavy atom. The van der Waals surface area contributed by atoms with Gasteiger partial charge in [0.15, 0.2) is 6.10 Å². The van der Waals surface area contributed by atoms with Crippen LogP contribution in [0.15, 0.2) is 59.2 Å². The van der Waals surface area contributed by atoms with Crippen molar-refractivity contribution in [2.24, 2.45) is 0 Å². The summed E-state index contributed by atoms with van der Waals surface area (Å²) in [4.78, 5) is 11.6. The van der Waals surface area contributed by atoms with Gasteiger partial charge in [-0.1, -0.05) is 30.3 Å². The molecule has 0 unspecified atom stereocenters. The van der Waals surface area contributed by atoms with E-state index in [4.69, 9.17) is 9.15 Å². The van der Waals surface area contributed by atoms with Crippen LogP contribution in [0, 0.1) is 0 Å². The maximum absolute atomic E-state index is 11.6. The standard InChI is InChI=1S/C15H12O3/c16-15-10-12(11-5-2-1-3-6-11)9-14(18-15)13-7-4-8-17-13/h1-8,10,14H,9H2/t14-/m1/s1. The van der Waals surface area contributed by atoms with Crippen molar-refractivity contribution in [3.63, 3.8) is 0 Å². The zero-order valence-electron chi connectivity index (χ0n) is 9.71. The molecule has 1 aromatic carbocycles. The molecule has 1 atom stereocenters. The van der Waals surface area contributed by atoms with Gasteiger partial charge in [0.25, 0.3) is 0 Å². The quantitative estimate of drug-likeness (QED) is 0.756. The molecule has 1 aliphatic heterocycles. The molecular formula is C15H12O3. The normalized spacial score (nSPS) is 19.2. The average molecular weight is 240 g/mol. The summed E-state index contributed by atoms with van der Waals surface area (Å²) >= 11 is 0. The van der Waals surface area contributed by atoms with Crippen LogP contribution in [0.2, 0.25) is 0 Å². The van der Waals surface area contributed by atoms with E-state index in [-0.39, 0.29) is 12.1 Å². The molecule has 2 aromatic rings. The summed E-state index contributed by atoms with van der Waals surface area (Å²) in [6.07, 6.45) is 3.45. The van der Waals surface area contributed by atoms with E-state index in [2.05, 4.69) is 0 Å². The molecular weight excluding hydrogens is 228 g/mol. The first kappa shape index (κ1) is 10.8. The third-order valence-electron chi connectivity index (χ3n) is 2.96. The molecule has 1 aromatic heterocycles. The first-order valence-electron chi connectivity index (χ1n) is 5.83. The minimum Gasteiger partial charge on any atom is -0.465 e. The van der Waals surface area contributed by atoms with Gasteiger partial charge >= 0.3 is 5.97 Å². The van der Waals surface area contributed by atoms with E-state index >= 15 is 0 Å².